The summed E-state index contributed by atoms with van der Waals surface area (Å²) in [4.78, 5) is 2.59. The van der Waals surface area contributed by atoms with Gasteiger partial charge in [0, 0.05) is 32.2 Å². The zero-order valence-corrected chi connectivity index (χ0v) is 16.5. The summed E-state index contributed by atoms with van der Waals surface area (Å²) in [5, 5.41) is 3.42. The summed E-state index contributed by atoms with van der Waals surface area (Å²) in [5.41, 5.74) is 2.50. The van der Waals surface area contributed by atoms with E-state index >= 15 is 0 Å². The Kier molecular flexibility index (Phi) is 6.69. The van der Waals surface area contributed by atoms with E-state index in [0.29, 0.717) is 6.04 Å². The molecule has 2 aromatic rings. The van der Waals surface area contributed by atoms with E-state index in [4.69, 9.17) is 0 Å². The fraction of sp³-hybridized carbons (Fsp3) is 0.455. The molecule has 1 aliphatic carbocycles. The molecule has 2 nitrogen and oxygen atoms in total. The van der Waals surface area contributed by atoms with Crippen LogP contribution in [0.3, 0.4) is 0 Å². The number of hydrogen-bond donors (Lipinski definition) is 1. The highest BCUT2D eigenvalue weighted by Gasteiger charge is 2.33. The van der Waals surface area contributed by atoms with E-state index < -0.39 is 11.7 Å². The van der Waals surface area contributed by atoms with Crippen molar-refractivity contribution >= 4 is 12.4 Å². The molecule has 2 fully saturated rings. The van der Waals surface area contributed by atoms with Gasteiger partial charge >= 0.3 is 6.18 Å². The molecule has 1 aliphatic heterocycles. The van der Waals surface area contributed by atoms with Gasteiger partial charge in [0.05, 0.1) is 5.56 Å². The Morgan fingerprint density at radius 1 is 0.857 bits per heavy atom. The van der Waals surface area contributed by atoms with Crippen molar-refractivity contribution in [2.75, 3.05) is 26.2 Å². The maximum absolute atomic E-state index is 12.7. The van der Waals surface area contributed by atoms with Crippen molar-refractivity contribution in [1.82, 2.24) is 10.2 Å². The Morgan fingerprint density at radius 3 is 1.86 bits per heavy atom. The minimum atomic E-state index is -4.29. The summed E-state index contributed by atoms with van der Waals surface area (Å²) in [6.07, 6.45) is -0.400. The van der Waals surface area contributed by atoms with Crippen LogP contribution in [0.25, 0.3) is 11.1 Å². The molecule has 0 amide bonds. The summed E-state index contributed by atoms with van der Waals surface area (Å²) in [7, 11) is 0. The van der Waals surface area contributed by atoms with Gasteiger partial charge in [-0.3, -0.25) is 4.90 Å². The second kappa shape index (κ2) is 8.85. The number of benzene rings is 2. The molecule has 28 heavy (non-hydrogen) atoms. The fourth-order valence-corrected chi connectivity index (χ4v) is 4.22. The lowest BCUT2D eigenvalue weighted by molar-refractivity contribution is -0.137. The van der Waals surface area contributed by atoms with Crippen molar-refractivity contribution < 1.29 is 13.2 Å². The van der Waals surface area contributed by atoms with Crippen LogP contribution >= 0.6 is 12.4 Å². The summed E-state index contributed by atoms with van der Waals surface area (Å²) in [6, 6.07) is 14.3. The number of nitrogens with zero attached hydrogens (tertiary/aromatic N) is 1. The quantitative estimate of drug-likeness (QED) is 0.711. The zero-order valence-electron chi connectivity index (χ0n) is 15.7. The van der Waals surface area contributed by atoms with Crippen LogP contribution in [0.4, 0.5) is 13.2 Å². The molecule has 1 heterocycles. The zero-order chi connectivity index (χ0) is 18.9. The third-order valence-corrected chi connectivity index (χ3v) is 5.94. The fourth-order valence-electron chi connectivity index (χ4n) is 4.22. The first-order chi connectivity index (χ1) is 13.0. The molecule has 2 aliphatic rings. The third kappa shape index (κ3) is 4.53. The average molecular weight is 411 g/mol. The Labute approximate surface area is 170 Å². The Morgan fingerprint density at radius 2 is 1.39 bits per heavy atom. The smallest absolute Gasteiger partial charge is 0.314 e. The van der Waals surface area contributed by atoms with Crippen molar-refractivity contribution in [3.8, 4) is 11.1 Å². The summed E-state index contributed by atoms with van der Waals surface area (Å²) < 4.78 is 38.2. The van der Waals surface area contributed by atoms with Gasteiger partial charge in [-0.15, -0.1) is 12.4 Å². The van der Waals surface area contributed by atoms with Crippen molar-refractivity contribution in [2.45, 2.75) is 31.5 Å². The predicted octanol–water partition coefficient (Wildman–Crippen LogP) is 5.54. The molecule has 0 unspecified atom stereocenters. The van der Waals surface area contributed by atoms with Crippen LogP contribution in [-0.2, 0) is 6.18 Å². The molecular weight excluding hydrogens is 385 g/mol. The van der Waals surface area contributed by atoms with Gasteiger partial charge in [-0.2, -0.15) is 13.2 Å². The van der Waals surface area contributed by atoms with E-state index in [1.165, 1.54) is 24.8 Å². The van der Waals surface area contributed by atoms with Gasteiger partial charge in [-0.1, -0.05) is 42.8 Å². The molecule has 0 bridgehead atoms. The number of piperazine rings is 1. The summed E-state index contributed by atoms with van der Waals surface area (Å²) in [5.74, 6) is 0.722. The minimum absolute atomic E-state index is 0. The van der Waals surface area contributed by atoms with E-state index in [2.05, 4.69) is 22.3 Å². The van der Waals surface area contributed by atoms with Gasteiger partial charge in [-0.25, -0.2) is 0 Å². The van der Waals surface area contributed by atoms with Gasteiger partial charge in [0.1, 0.15) is 0 Å². The maximum atomic E-state index is 12.7. The summed E-state index contributed by atoms with van der Waals surface area (Å²) in [6.45, 7) is 4.21. The van der Waals surface area contributed by atoms with Crippen molar-refractivity contribution in [1.29, 1.82) is 0 Å². The lowest BCUT2D eigenvalue weighted by Gasteiger charge is -2.43. The predicted molar refractivity (Wildman–Crippen MR) is 109 cm³/mol. The van der Waals surface area contributed by atoms with Crippen LogP contribution in [0, 0.1) is 5.92 Å². The van der Waals surface area contributed by atoms with Crippen LogP contribution in [0.15, 0.2) is 48.5 Å². The second-order valence-corrected chi connectivity index (χ2v) is 7.62. The number of nitrogens with one attached hydrogen (secondary N) is 1. The normalized spacial score (nSPS) is 19.5. The second-order valence-electron chi connectivity index (χ2n) is 7.62. The molecule has 0 spiro atoms. The van der Waals surface area contributed by atoms with E-state index in [9.17, 15) is 13.2 Å². The Bertz CT molecular complexity index is 749. The first-order valence-corrected chi connectivity index (χ1v) is 9.75. The number of hydrogen-bond acceptors (Lipinski definition) is 2. The standard InChI is InChI=1S/C22H25F3N2.ClH/c23-22(24,25)20-10-8-17(9-11-20)16-4-6-19(7-5-16)21(18-2-1-3-18)27-14-12-26-13-15-27;/h4-11,18,21,26H,1-3,12-15H2;1H/t21-;/m0./s1. The van der Waals surface area contributed by atoms with E-state index in [1.807, 2.05) is 12.1 Å². The highest BCUT2D eigenvalue weighted by Crippen LogP contribution is 2.42. The molecule has 0 radical (unpaired) electrons. The maximum Gasteiger partial charge on any atom is 0.416 e. The molecule has 6 heteroatoms. The topological polar surface area (TPSA) is 15.3 Å². The van der Waals surface area contributed by atoms with Crippen molar-refractivity contribution in [2.24, 2.45) is 5.92 Å². The van der Waals surface area contributed by atoms with Gasteiger partial charge in [0.15, 0.2) is 0 Å². The van der Waals surface area contributed by atoms with Crippen LogP contribution in [-0.4, -0.2) is 31.1 Å². The van der Waals surface area contributed by atoms with Crippen LogP contribution in [0.1, 0.15) is 36.4 Å². The molecule has 152 valence electrons. The number of rotatable bonds is 4. The van der Waals surface area contributed by atoms with E-state index in [1.54, 1.807) is 12.1 Å². The van der Waals surface area contributed by atoms with Crippen molar-refractivity contribution in [3.05, 3.63) is 59.7 Å². The van der Waals surface area contributed by atoms with Gasteiger partial charge in [0.25, 0.3) is 0 Å². The molecule has 4 rings (SSSR count). The first kappa shape index (κ1) is 21.2. The highest BCUT2D eigenvalue weighted by molar-refractivity contribution is 5.85. The monoisotopic (exact) mass is 410 g/mol. The molecule has 1 N–H and O–H groups in total. The molecular formula is C22H26ClF3N2. The molecule has 1 saturated carbocycles. The first-order valence-electron chi connectivity index (χ1n) is 9.75. The SMILES string of the molecule is Cl.FC(F)(F)c1ccc(-c2ccc([C@H](C3CCC3)N3CCNCC3)cc2)cc1. The Hall–Kier alpha value is -1.56. The van der Waals surface area contributed by atoms with E-state index in [0.717, 1.165) is 55.4 Å². The Balaban J connectivity index is 0.00000225. The van der Waals surface area contributed by atoms with Crippen molar-refractivity contribution in [3.63, 3.8) is 0 Å². The molecule has 2 aromatic carbocycles. The summed E-state index contributed by atoms with van der Waals surface area (Å²) >= 11 is 0. The van der Waals surface area contributed by atoms with Gasteiger partial charge < -0.3 is 5.32 Å². The highest BCUT2D eigenvalue weighted by atomic mass is 35.5. The van der Waals surface area contributed by atoms with Crippen LogP contribution in [0.2, 0.25) is 0 Å². The van der Waals surface area contributed by atoms with Crippen LogP contribution < -0.4 is 5.32 Å². The van der Waals surface area contributed by atoms with Gasteiger partial charge in [0.2, 0.25) is 0 Å². The average Bonchev–Trinajstić information content (AvgIpc) is 2.65. The third-order valence-electron chi connectivity index (χ3n) is 5.94. The molecule has 1 atom stereocenters. The van der Waals surface area contributed by atoms with E-state index in [-0.39, 0.29) is 12.4 Å². The van der Waals surface area contributed by atoms with Crippen LogP contribution in [0.5, 0.6) is 0 Å². The number of halogens is 4. The molecule has 1 saturated heterocycles. The minimum Gasteiger partial charge on any atom is -0.314 e. The lowest BCUT2D eigenvalue weighted by Crippen LogP contribution is -2.47. The largest absolute Gasteiger partial charge is 0.416 e. The van der Waals surface area contributed by atoms with Gasteiger partial charge in [-0.05, 0) is 47.6 Å². The lowest BCUT2D eigenvalue weighted by atomic mass is 9.76. The number of alkyl halides is 3. The molecule has 0 aromatic heterocycles.